The lowest BCUT2D eigenvalue weighted by Crippen LogP contribution is -2.19. The van der Waals surface area contributed by atoms with Gasteiger partial charge in [-0.05, 0) is 48.7 Å². The van der Waals surface area contributed by atoms with Crippen molar-refractivity contribution < 1.29 is 22.7 Å². The van der Waals surface area contributed by atoms with Gasteiger partial charge in [-0.3, -0.25) is 4.79 Å². The van der Waals surface area contributed by atoms with E-state index in [4.69, 9.17) is 4.74 Å². The summed E-state index contributed by atoms with van der Waals surface area (Å²) in [5, 5.41) is 11.0. The predicted molar refractivity (Wildman–Crippen MR) is 112 cm³/mol. The van der Waals surface area contributed by atoms with E-state index in [-0.39, 0.29) is 24.7 Å². The topological polar surface area (TPSA) is 69.0 Å². The highest BCUT2D eigenvalue weighted by Crippen LogP contribution is 2.31. The molecule has 1 aliphatic heterocycles. The number of anilines is 1. The van der Waals surface area contributed by atoms with Gasteiger partial charge in [0.1, 0.15) is 17.9 Å². The predicted octanol–water partition coefficient (Wildman–Crippen LogP) is 4.82. The molecule has 0 saturated heterocycles. The van der Waals surface area contributed by atoms with Crippen molar-refractivity contribution in [3.8, 4) is 5.75 Å². The molecule has 1 N–H and O–H groups in total. The summed E-state index contributed by atoms with van der Waals surface area (Å²) in [7, 11) is 0. The van der Waals surface area contributed by atoms with Crippen molar-refractivity contribution in [1.82, 2.24) is 14.8 Å². The van der Waals surface area contributed by atoms with E-state index in [9.17, 15) is 18.0 Å². The molecule has 168 valence electrons. The first-order valence-electron chi connectivity index (χ1n) is 10.4. The molecule has 1 aromatic heterocycles. The van der Waals surface area contributed by atoms with E-state index in [1.54, 1.807) is 6.33 Å². The summed E-state index contributed by atoms with van der Waals surface area (Å²) in [6.45, 7) is 0.963. The molecule has 0 bridgehead atoms. The third-order valence-corrected chi connectivity index (χ3v) is 5.45. The fourth-order valence-corrected chi connectivity index (χ4v) is 3.81. The Morgan fingerprint density at radius 2 is 2.03 bits per heavy atom. The van der Waals surface area contributed by atoms with Crippen molar-refractivity contribution in [2.45, 2.75) is 44.3 Å². The Kier molecular flexibility index (Phi) is 6.43. The van der Waals surface area contributed by atoms with Crippen LogP contribution < -0.4 is 10.1 Å². The Bertz CT molecular complexity index is 1080. The standard InChI is InChI=1S/C23H23F3N4O2/c24-23(25,26)18-5-2-7-20(13-18)32-11-3-8-22(31)28-19-6-1-4-16(12-19)17-9-10-21-29-27-15-30(21)14-17/h1-2,4-7,12-13,15,17H,3,8-11,14H2,(H,28,31). The van der Waals surface area contributed by atoms with Gasteiger partial charge in [0.25, 0.3) is 0 Å². The van der Waals surface area contributed by atoms with E-state index in [0.717, 1.165) is 48.6 Å². The lowest BCUT2D eigenvalue weighted by molar-refractivity contribution is -0.137. The number of nitrogens with one attached hydrogen (secondary N) is 1. The van der Waals surface area contributed by atoms with Crippen LogP contribution in [0.15, 0.2) is 54.9 Å². The molecule has 4 rings (SSSR count). The van der Waals surface area contributed by atoms with Gasteiger partial charge in [0.05, 0.1) is 12.2 Å². The lowest BCUT2D eigenvalue weighted by atomic mass is 9.91. The van der Waals surface area contributed by atoms with Crippen LogP contribution in [-0.2, 0) is 23.9 Å². The number of alkyl halides is 3. The smallest absolute Gasteiger partial charge is 0.416 e. The van der Waals surface area contributed by atoms with E-state index < -0.39 is 11.7 Å². The van der Waals surface area contributed by atoms with Gasteiger partial charge in [-0.15, -0.1) is 10.2 Å². The molecule has 6 nitrogen and oxygen atoms in total. The Morgan fingerprint density at radius 1 is 1.19 bits per heavy atom. The van der Waals surface area contributed by atoms with E-state index >= 15 is 0 Å². The first-order chi connectivity index (χ1) is 15.4. The molecule has 0 fully saturated rings. The van der Waals surface area contributed by atoms with Crippen LogP contribution in [0.25, 0.3) is 0 Å². The number of carbonyl (C=O) groups excluding carboxylic acids is 1. The third-order valence-electron chi connectivity index (χ3n) is 5.45. The van der Waals surface area contributed by atoms with Gasteiger partial charge in [0.2, 0.25) is 5.91 Å². The number of aryl methyl sites for hydroxylation is 1. The normalized spacial score (nSPS) is 15.8. The van der Waals surface area contributed by atoms with Gasteiger partial charge in [-0.2, -0.15) is 13.2 Å². The quantitative estimate of drug-likeness (QED) is 0.531. The minimum Gasteiger partial charge on any atom is -0.494 e. The minimum absolute atomic E-state index is 0.136. The molecule has 0 spiro atoms. The maximum atomic E-state index is 12.8. The van der Waals surface area contributed by atoms with Gasteiger partial charge >= 0.3 is 6.18 Å². The fourth-order valence-electron chi connectivity index (χ4n) is 3.81. The molecule has 2 aromatic carbocycles. The highest BCUT2D eigenvalue weighted by Gasteiger charge is 2.30. The van der Waals surface area contributed by atoms with Crippen LogP contribution in [0.1, 0.15) is 42.1 Å². The Hall–Kier alpha value is -3.36. The van der Waals surface area contributed by atoms with Gasteiger partial charge in [0.15, 0.2) is 0 Å². The molecular formula is C23H23F3N4O2. The van der Waals surface area contributed by atoms with E-state index in [1.807, 2.05) is 18.2 Å². The fraction of sp³-hybridized carbons (Fsp3) is 0.348. The molecule has 2 heterocycles. The van der Waals surface area contributed by atoms with Crippen molar-refractivity contribution >= 4 is 11.6 Å². The Morgan fingerprint density at radius 3 is 2.88 bits per heavy atom. The van der Waals surface area contributed by atoms with E-state index in [2.05, 4.69) is 26.1 Å². The second-order valence-electron chi connectivity index (χ2n) is 7.79. The maximum absolute atomic E-state index is 12.8. The van der Waals surface area contributed by atoms with Crippen molar-refractivity contribution in [3.63, 3.8) is 0 Å². The molecule has 3 aromatic rings. The summed E-state index contributed by atoms with van der Waals surface area (Å²) >= 11 is 0. The average molecular weight is 444 g/mol. The average Bonchev–Trinajstić information content (AvgIpc) is 3.24. The molecule has 9 heteroatoms. The third kappa shape index (κ3) is 5.46. The minimum atomic E-state index is -4.41. The number of hydrogen-bond acceptors (Lipinski definition) is 4. The Labute approximate surface area is 183 Å². The SMILES string of the molecule is O=C(CCCOc1cccc(C(F)(F)F)c1)Nc1cccc(C2CCc3nncn3C2)c1. The van der Waals surface area contributed by atoms with Crippen LogP contribution >= 0.6 is 0 Å². The number of rotatable bonds is 7. The van der Waals surface area contributed by atoms with Crippen molar-refractivity contribution in [2.24, 2.45) is 0 Å². The van der Waals surface area contributed by atoms with Gasteiger partial charge in [-0.25, -0.2) is 0 Å². The summed E-state index contributed by atoms with van der Waals surface area (Å²) < 4.78 is 45.7. The molecule has 0 radical (unpaired) electrons. The second-order valence-corrected chi connectivity index (χ2v) is 7.79. The zero-order valence-electron chi connectivity index (χ0n) is 17.3. The summed E-state index contributed by atoms with van der Waals surface area (Å²) in [4.78, 5) is 12.3. The highest BCUT2D eigenvalue weighted by molar-refractivity contribution is 5.90. The molecule has 0 aliphatic carbocycles. The van der Waals surface area contributed by atoms with Crippen LogP contribution in [0, 0.1) is 0 Å². The summed E-state index contributed by atoms with van der Waals surface area (Å²) in [5.41, 5.74) is 1.11. The van der Waals surface area contributed by atoms with Crippen LogP contribution in [0.3, 0.4) is 0 Å². The number of halogens is 3. The summed E-state index contributed by atoms with van der Waals surface area (Å²) in [6, 6.07) is 12.5. The van der Waals surface area contributed by atoms with Crippen LogP contribution in [0.5, 0.6) is 5.75 Å². The number of aromatic nitrogens is 3. The zero-order valence-corrected chi connectivity index (χ0v) is 17.3. The van der Waals surface area contributed by atoms with Crippen LogP contribution in [-0.4, -0.2) is 27.3 Å². The number of amides is 1. The first-order valence-corrected chi connectivity index (χ1v) is 10.4. The van der Waals surface area contributed by atoms with Crippen molar-refractivity contribution in [3.05, 3.63) is 71.8 Å². The molecule has 32 heavy (non-hydrogen) atoms. The number of fused-ring (bicyclic) bond motifs is 1. The number of ether oxygens (including phenoxy) is 1. The first kappa shape index (κ1) is 21.9. The Balaban J connectivity index is 1.25. The number of benzene rings is 2. The van der Waals surface area contributed by atoms with Gasteiger partial charge in [0, 0.05) is 31.0 Å². The number of hydrogen-bond donors (Lipinski definition) is 1. The largest absolute Gasteiger partial charge is 0.494 e. The molecule has 1 aliphatic rings. The van der Waals surface area contributed by atoms with E-state index in [0.29, 0.717) is 12.3 Å². The second kappa shape index (κ2) is 9.42. The van der Waals surface area contributed by atoms with Gasteiger partial charge < -0.3 is 14.6 Å². The molecule has 1 atom stereocenters. The number of carbonyl (C=O) groups is 1. The van der Waals surface area contributed by atoms with Crippen LogP contribution in [0.2, 0.25) is 0 Å². The molecule has 1 amide bonds. The molecule has 1 unspecified atom stereocenters. The van der Waals surface area contributed by atoms with Crippen LogP contribution in [0.4, 0.5) is 18.9 Å². The summed E-state index contributed by atoms with van der Waals surface area (Å²) in [6.07, 6.45) is -0.231. The molecule has 0 saturated carbocycles. The monoisotopic (exact) mass is 444 g/mol. The van der Waals surface area contributed by atoms with Gasteiger partial charge in [-0.1, -0.05) is 18.2 Å². The summed E-state index contributed by atoms with van der Waals surface area (Å²) in [5.74, 6) is 1.30. The maximum Gasteiger partial charge on any atom is 0.416 e. The lowest BCUT2D eigenvalue weighted by Gasteiger charge is -2.23. The number of nitrogens with zero attached hydrogens (tertiary/aromatic N) is 3. The molecular weight excluding hydrogens is 421 g/mol. The van der Waals surface area contributed by atoms with E-state index in [1.165, 1.54) is 12.1 Å². The highest BCUT2D eigenvalue weighted by atomic mass is 19.4. The van der Waals surface area contributed by atoms with Crippen molar-refractivity contribution in [1.29, 1.82) is 0 Å². The van der Waals surface area contributed by atoms with Crippen molar-refractivity contribution in [2.75, 3.05) is 11.9 Å². The zero-order chi connectivity index (χ0) is 22.6.